The molecule has 3 nitrogen and oxygen atoms in total. The van der Waals surface area contributed by atoms with Crippen molar-refractivity contribution >= 4 is 55.9 Å². The Hall–Kier alpha value is -0.400. The van der Waals surface area contributed by atoms with E-state index in [1.54, 1.807) is 4.68 Å². The van der Waals surface area contributed by atoms with Gasteiger partial charge in [-0.25, -0.2) is 0 Å². The van der Waals surface area contributed by atoms with Crippen LogP contribution in [0, 0.1) is 3.57 Å². The lowest BCUT2D eigenvalue weighted by atomic mass is 10.1. The number of hydrogen-bond acceptors (Lipinski definition) is 2. The topological polar surface area (TPSA) is 34.9 Å². The minimum atomic E-state index is -0.0957. The second-order valence-corrected chi connectivity index (χ2v) is 6.50. The van der Waals surface area contributed by atoms with E-state index in [9.17, 15) is 4.79 Å². The van der Waals surface area contributed by atoms with Crippen LogP contribution < -0.4 is 0 Å². The van der Waals surface area contributed by atoms with Gasteiger partial charge in [0.05, 0.1) is 11.2 Å². The summed E-state index contributed by atoms with van der Waals surface area (Å²) in [7, 11) is 0. The molecule has 1 heterocycles. The van der Waals surface area contributed by atoms with Crippen molar-refractivity contribution in [2.45, 2.75) is 19.9 Å². The second-order valence-electron chi connectivity index (χ2n) is 4.02. The molecule has 0 unspecified atom stereocenters. The van der Waals surface area contributed by atoms with Crippen molar-refractivity contribution in [3.8, 4) is 0 Å². The lowest BCUT2D eigenvalue weighted by Crippen LogP contribution is -2.13. The number of ketones is 1. The van der Waals surface area contributed by atoms with Gasteiger partial charge < -0.3 is 0 Å². The van der Waals surface area contributed by atoms with Crippen LogP contribution in [0.25, 0.3) is 0 Å². The number of benzene rings is 1. The Kier molecular flexibility index (Phi) is 5.03. The van der Waals surface area contributed by atoms with Crippen LogP contribution in [-0.4, -0.2) is 15.6 Å². The SMILES string of the molecule is CCCn1ncc(Cl)c1C(=O)c1cc(Br)ccc1I. The van der Waals surface area contributed by atoms with Gasteiger partial charge in [-0.05, 0) is 47.2 Å². The van der Waals surface area contributed by atoms with E-state index >= 15 is 0 Å². The highest BCUT2D eigenvalue weighted by molar-refractivity contribution is 14.1. The summed E-state index contributed by atoms with van der Waals surface area (Å²) in [4.78, 5) is 12.6. The van der Waals surface area contributed by atoms with Gasteiger partial charge in [0.2, 0.25) is 5.78 Å². The van der Waals surface area contributed by atoms with E-state index in [1.807, 2.05) is 25.1 Å². The van der Waals surface area contributed by atoms with E-state index in [0.29, 0.717) is 22.8 Å². The van der Waals surface area contributed by atoms with Gasteiger partial charge in [0.25, 0.3) is 0 Å². The first-order valence-corrected chi connectivity index (χ1v) is 8.00. The fourth-order valence-corrected chi connectivity index (χ4v) is 2.94. The van der Waals surface area contributed by atoms with E-state index in [2.05, 4.69) is 43.6 Å². The lowest BCUT2D eigenvalue weighted by Gasteiger charge is -2.08. The van der Waals surface area contributed by atoms with Crippen LogP contribution in [0.15, 0.2) is 28.9 Å². The predicted octanol–water partition coefficient (Wildman–Crippen LogP) is 4.54. The molecule has 0 aliphatic heterocycles. The summed E-state index contributed by atoms with van der Waals surface area (Å²) in [5, 5.41) is 4.55. The Morgan fingerprint density at radius 3 is 2.95 bits per heavy atom. The second kappa shape index (κ2) is 6.37. The third-order valence-electron chi connectivity index (χ3n) is 2.62. The maximum atomic E-state index is 12.6. The van der Waals surface area contributed by atoms with Crippen molar-refractivity contribution in [3.63, 3.8) is 0 Å². The van der Waals surface area contributed by atoms with E-state index in [0.717, 1.165) is 14.5 Å². The average Bonchev–Trinajstić information content (AvgIpc) is 2.73. The van der Waals surface area contributed by atoms with Crippen molar-refractivity contribution < 1.29 is 4.79 Å². The van der Waals surface area contributed by atoms with Crippen LogP contribution in [0.1, 0.15) is 29.4 Å². The smallest absolute Gasteiger partial charge is 0.213 e. The number of carbonyl (C=O) groups is 1. The van der Waals surface area contributed by atoms with Crippen LogP contribution in [0.2, 0.25) is 5.02 Å². The number of halogens is 3. The van der Waals surface area contributed by atoms with Gasteiger partial charge in [-0.15, -0.1) is 0 Å². The molecule has 0 aliphatic carbocycles. The zero-order chi connectivity index (χ0) is 14.0. The van der Waals surface area contributed by atoms with Crippen LogP contribution in [0.4, 0.5) is 0 Å². The monoisotopic (exact) mass is 452 g/mol. The average molecular weight is 454 g/mol. The Bertz CT molecular complexity index is 627. The molecule has 0 amide bonds. The molecule has 19 heavy (non-hydrogen) atoms. The number of hydrogen-bond donors (Lipinski definition) is 0. The fraction of sp³-hybridized carbons (Fsp3) is 0.231. The molecule has 100 valence electrons. The van der Waals surface area contributed by atoms with Crippen LogP contribution in [0.3, 0.4) is 0 Å². The molecule has 0 aliphatic rings. The first-order chi connectivity index (χ1) is 9.04. The Balaban J connectivity index is 2.49. The number of nitrogens with zero attached hydrogens (tertiary/aromatic N) is 2. The molecular weight excluding hydrogens is 442 g/mol. The number of rotatable bonds is 4. The van der Waals surface area contributed by atoms with E-state index < -0.39 is 0 Å². The molecular formula is C13H11BrClIN2O. The van der Waals surface area contributed by atoms with Crippen LogP contribution in [-0.2, 0) is 6.54 Å². The van der Waals surface area contributed by atoms with Crippen molar-refractivity contribution in [2.24, 2.45) is 0 Å². The minimum Gasteiger partial charge on any atom is -0.287 e. The molecule has 0 atom stereocenters. The number of aromatic nitrogens is 2. The standard InChI is InChI=1S/C13H11BrClIN2O/c1-2-5-18-12(10(15)7-17-18)13(19)9-6-8(14)3-4-11(9)16/h3-4,6-7H,2,5H2,1H3. The summed E-state index contributed by atoms with van der Waals surface area (Å²) in [6.45, 7) is 2.71. The predicted molar refractivity (Wildman–Crippen MR) is 87.8 cm³/mol. The first-order valence-electron chi connectivity index (χ1n) is 5.75. The third kappa shape index (κ3) is 3.20. The van der Waals surface area contributed by atoms with Crippen LogP contribution >= 0.6 is 50.1 Å². The Morgan fingerprint density at radius 1 is 1.53 bits per heavy atom. The maximum absolute atomic E-state index is 12.6. The van der Waals surface area contributed by atoms with Crippen molar-refractivity contribution in [1.82, 2.24) is 9.78 Å². The van der Waals surface area contributed by atoms with Gasteiger partial charge in [0.1, 0.15) is 5.69 Å². The number of aryl methyl sites for hydroxylation is 1. The normalized spacial score (nSPS) is 10.7. The van der Waals surface area contributed by atoms with E-state index in [4.69, 9.17) is 11.6 Å². The minimum absolute atomic E-state index is 0.0957. The molecule has 2 rings (SSSR count). The van der Waals surface area contributed by atoms with Gasteiger partial charge >= 0.3 is 0 Å². The summed E-state index contributed by atoms with van der Waals surface area (Å²) in [5.74, 6) is -0.0957. The summed E-state index contributed by atoms with van der Waals surface area (Å²) in [6.07, 6.45) is 2.42. The molecule has 0 saturated heterocycles. The molecule has 0 spiro atoms. The quantitative estimate of drug-likeness (QED) is 0.503. The first kappa shape index (κ1) is 15.0. The Morgan fingerprint density at radius 2 is 2.26 bits per heavy atom. The van der Waals surface area contributed by atoms with Gasteiger partial charge in [0.15, 0.2) is 0 Å². The fourth-order valence-electron chi connectivity index (χ4n) is 1.77. The molecule has 1 aromatic carbocycles. The lowest BCUT2D eigenvalue weighted by molar-refractivity contribution is 0.102. The summed E-state index contributed by atoms with van der Waals surface area (Å²) < 4.78 is 3.43. The van der Waals surface area contributed by atoms with Gasteiger partial charge in [-0.2, -0.15) is 5.10 Å². The van der Waals surface area contributed by atoms with Crippen LogP contribution in [0.5, 0.6) is 0 Å². The van der Waals surface area contributed by atoms with Crippen molar-refractivity contribution in [1.29, 1.82) is 0 Å². The Labute approximate surface area is 138 Å². The zero-order valence-corrected chi connectivity index (χ0v) is 14.7. The highest BCUT2D eigenvalue weighted by Crippen LogP contribution is 2.25. The largest absolute Gasteiger partial charge is 0.287 e. The van der Waals surface area contributed by atoms with Gasteiger partial charge in [-0.1, -0.05) is 34.5 Å². The molecule has 0 bridgehead atoms. The van der Waals surface area contributed by atoms with E-state index in [1.165, 1.54) is 6.20 Å². The molecule has 0 radical (unpaired) electrons. The van der Waals surface area contributed by atoms with Gasteiger partial charge in [0, 0.05) is 20.2 Å². The van der Waals surface area contributed by atoms with Gasteiger partial charge in [-0.3, -0.25) is 9.48 Å². The summed E-state index contributed by atoms with van der Waals surface area (Å²) >= 11 is 11.6. The van der Waals surface area contributed by atoms with E-state index in [-0.39, 0.29) is 5.78 Å². The molecule has 0 N–H and O–H groups in total. The van der Waals surface area contributed by atoms with Crippen molar-refractivity contribution in [2.75, 3.05) is 0 Å². The third-order valence-corrected chi connectivity index (χ3v) is 4.33. The highest BCUT2D eigenvalue weighted by atomic mass is 127. The molecule has 6 heteroatoms. The van der Waals surface area contributed by atoms with Crippen molar-refractivity contribution in [3.05, 3.63) is 48.7 Å². The zero-order valence-electron chi connectivity index (χ0n) is 10.2. The molecule has 1 aromatic heterocycles. The maximum Gasteiger partial charge on any atom is 0.213 e. The number of carbonyl (C=O) groups excluding carboxylic acids is 1. The summed E-state index contributed by atoms with van der Waals surface area (Å²) in [6, 6.07) is 5.61. The summed E-state index contributed by atoms with van der Waals surface area (Å²) in [5.41, 5.74) is 1.09. The molecule has 0 saturated carbocycles. The molecule has 2 aromatic rings. The molecule has 0 fully saturated rings. The highest BCUT2D eigenvalue weighted by Gasteiger charge is 2.21.